The Kier molecular flexibility index (Phi) is 3.23. The van der Waals surface area contributed by atoms with Crippen LogP contribution < -0.4 is 0 Å². The van der Waals surface area contributed by atoms with E-state index in [4.69, 9.17) is 9.11 Å². The first-order valence-corrected chi connectivity index (χ1v) is 4.92. The Bertz CT molecular complexity index is 50.9. The largest absolute Gasteiger partial charge is 0.299 e. The van der Waals surface area contributed by atoms with Crippen molar-refractivity contribution in [3.05, 3.63) is 0 Å². The Hall–Kier alpha value is 0.750. The van der Waals surface area contributed by atoms with Gasteiger partial charge in [-0.1, -0.05) is 15.9 Å². The molecule has 0 saturated heterocycles. The summed E-state index contributed by atoms with van der Waals surface area (Å²) in [5.74, 6) is 0.443. The van der Waals surface area contributed by atoms with Gasteiger partial charge in [0.1, 0.15) is 0 Å². The maximum absolute atomic E-state index is 8.72. The van der Waals surface area contributed by atoms with Crippen LogP contribution >= 0.6 is 26.5 Å². The second-order valence-corrected chi connectivity index (χ2v) is 4.97. The molecule has 2 nitrogen and oxygen atoms in total. The molecule has 0 aliphatic carbocycles. The van der Waals surface area contributed by atoms with Gasteiger partial charge in [-0.05, 0) is 6.92 Å². The fraction of sp³-hybridized carbons (Fsp3) is 1.00. The molecule has 0 rings (SSSR count). The van der Waals surface area contributed by atoms with Crippen LogP contribution in [-0.4, -0.2) is 19.5 Å². The number of hydrogen-bond acceptors (Lipinski definition) is 2. The molecule has 46 valence electrons. The van der Waals surface area contributed by atoms with Gasteiger partial charge in [0, 0.05) is 5.75 Å². The van der Waals surface area contributed by atoms with E-state index in [1.54, 1.807) is 6.92 Å². The van der Waals surface area contributed by atoms with E-state index in [1.807, 2.05) is 0 Å². The van der Waals surface area contributed by atoms with E-state index >= 15 is 0 Å². The van der Waals surface area contributed by atoms with Crippen LogP contribution in [0.3, 0.4) is 0 Å². The molecule has 4 heteroatoms. The third kappa shape index (κ3) is 3.34. The Labute approximate surface area is 53.4 Å². The number of alkyl halides is 1. The van der Waals surface area contributed by atoms with E-state index in [-0.39, 0.29) is 0 Å². The van der Waals surface area contributed by atoms with Gasteiger partial charge in [0.15, 0.2) is 0 Å². The zero-order valence-electron chi connectivity index (χ0n) is 4.09. The smallest absolute Gasteiger partial charge is 0.0925 e. The first-order chi connectivity index (χ1) is 3.12. The minimum atomic E-state index is -2.24. The van der Waals surface area contributed by atoms with Gasteiger partial charge >= 0.3 is 0 Å². The van der Waals surface area contributed by atoms with Crippen molar-refractivity contribution in [1.82, 2.24) is 0 Å². The first-order valence-electron chi connectivity index (χ1n) is 1.92. The van der Waals surface area contributed by atoms with Crippen molar-refractivity contribution in [2.75, 3.05) is 10.4 Å². The van der Waals surface area contributed by atoms with Crippen LogP contribution in [-0.2, 0) is 0 Å². The third-order valence-corrected chi connectivity index (χ3v) is 4.11. The van der Waals surface area contributed by atoms with Gasteiger partial charge in [0.2, 0.25) is 0 Å². The average molecular weight is 189 g/mol. The summed E-state index contributed by atoms with van der Waals surface area (Å²) in [6.45, 7) is 1.75. The summed E-state index contributed by atoms with van der Waals surface area (Å²) >= 11 is 2.97. The molecular formula is C3H9BrO2S. The van der Waals surface area contributed by atoms with E-state index in [1.165, 1.54) is 0 Å². The lowest BCUT2D eigenvalue weighted by atomic mass is 11.0. The van der Waals surface area contributed by atoms with E-state index in [2.05, 4.69) is 15.9 Å². The summed E-state index contributed by atoms with van der Waals surface area (Å²) in [5.41, 5.74) is 0. The first kappa shape index (κ1) is 7.75. The molecule has 0 heterocycles. The fourth-order valence-corrected chi connectivity index (χ4v) is 1.20. The van der Waals surface area contributed by atoms with E-state index in [9.17, 15) is 0 Å². The van der Waals surface area contributed by atoms with Gasteiger partial charge in [0.25, 0.3) is 0 Å². The van der Waals surface area contributed by atoms with Crippen molar-refractivity contribution in [3.63, 3.8) is 0 Å². The van der Waals surface area contributed by atoms with Crippen LogP contribution in [0.2, 0.25) is 0 Å². The maximum atomic E-state index is 8.72. The van der Waals surface area contributed by atoms with Gasteiger partial charge in [-0.3, -0.25) is 9.11 Å². The zero-order valence-corrected chi connectivity index (χ0v) is 6.50. The molecule has 0 saturated carbocycles. The summed E-state index contributed by atoms with van der Waals surface area (Å²) in [5, 5.41) is 0. The predicted molar refractivity (Wildman–Crippen MR) is 37.2 cm³/mol. The molecule has 0 fully saturated rings. The van der Waals surface area contributed by atoms with Crippen molar-refractivity contribution < 1.29 is 9.11 Å². The molecular weight excluding hydrogens is 180 g/mol. The van der Waals surface area contributed by atoms with Crippen molar-refractivity contribution >= 4 is 26.5 Å². The second-order valence-electron chi connectivity index (χ2n) is 1.20. The zero-order chi connectivity index (χ0) is 5.91. The summed E-state index contributed by atoms with van der Waals surface area (Å²) < 4.78 is 17.7. The SMILES string of the molecule is CCS(O)(O)CBr. The maximum Gasteiger partial charge on any atom is 0.0925 e. The van der Waals surface area contributed by atoms with Crippen molar-refractivity contribution in [2.24, 2.45) is 0 Å². The van der Waals surface area contributed by atoms with Gasteiger partial charge < -0.3 is 0 Å². The summed E-state index contributed by atoms with van der Waals surface area (Å²) in [4.78, 5) is 0. The molecule has 0 unspecified atom stereocenters. The fourth-order valence-electron chi connectivity index (χ4n) is 0.0772. The lowest BCUT2D eigenvalue weighted by Crippen LogP contribution is -1.99. The van der Waals surface area contributed by atoms with Crippen LogP contribution in [0.15, 0.2) is 0 Å². The molecule has 0 bridgehead atoms. The summed E-state index contributed by atoms with van der Waals surface area (Å²) in [6, 6.07) is 0. The average Bonchev–Trinajstić information content (AvgIpc) is 1.68. The molecule has 0 aromatic rings. The quantitative estimate of drug-likeness (QED) is 0.653. The normalized spacial score (nSPS) is 14.3. The topological polar surface area (TPSA) is 40.5 Å². The van der Waals surface area contributed by atoms with Crippen LogP contribution in [0.5, 0.6) is 0 Å². The summed E-state index contributed by atoms with van der Waals surface area (Å²) in [6.07, 6.45) is 0. The highest BCUT2D eigenvalue weighted by atomic mass is 79.9. The molecule has 7 heavy (non-hydrogen) atoms. The Morgan fingerprint density at radius 3 is 2.00 bits per heavy atom. The molecule has 0 spiro atoms. The molecule has 0 radical (unpaired) electrons. The second kappa shape index (κ2) is 2.91. The van der Waals surface area contributed by atoms with Crippen LogP contribution in [0.1, 0.15) is 6.92 Å². The van der Waals surface area contributed by atoms with Gasteiger partial charge in [-0.25, -0.2) is 0 Å². The molecule has 0 atom stereocenters. The molecule has 0 aromatic carbocycles. The van der Waals surface area contributed by atoms with Crippen LogP contribution in [0.25, 0.3) is 0 Å². The lowest BCUT2D eigenvalue weighted by Gasteiger charge is -2.27. The minimum absolute atomic E-state index is 0.302. The van der Waals surface area contributed by atoms with E-state index in [0.717, 1.165) is 0 Å². The molecule has 0 aliphatic rings. The predicted octanol–water partition coefficient (Wildman–Crippen LogP) is 2.11. The van der Waals surface area contributed by atoms with Crippen molar-refractivity contribution in [2.45, 2.75) is 6.92 Å². The van der Waals surface area contributed by atoms with Crippen LogP contribution in [0.4, 0.5) is 0 Å². The molecule has 2 N–H and O–H groups in total. The monoisotopic (exact) mass is 188 g/mol. The Balaban J connectivity index is 3.36. The molecule has 0 amide bonds. The lowest BCUT2D eigenvalue weighted by molar-refractivity contribution is 0.495. The Morgan fingerprint density at radius 2 is 2.00 bits per heavy atom. The number of rotatable bonds is 2. The van der Waals surface area contributed by atoms with Gasteiger partial charge in [-0.2, -0.15) is 10.6 Å². The van der Waals surface area contributed by atoms with Crippen LogP contribution in [0, 0.1) is 0 Å². The van der Waals surface area contributed by atoms with E-state index in [0.29, 0.717) is 10.4 Å². The highest BCUT2D eigenvalue weighted by Gasteiger charge is 2.03. The van der Waals surface area contributed by atoms with Crippen molar-refractivity contribution in [3.8, 4) is 0 Å². The Morgan fingerprint density at radius 1 is 1.57 bits per heavy atom. The molecule has 0 aromatic heterocycles. The minimum Gasteiger partial charge on any atom is -0.299 e. The number of hydrogen-bond donors (Lipinski definition) is 2. The molecule has 0 aliphatic heterocycles. The van der Waals surface area contributed by atoms with Gasteiger partial charge in [-0.15, -0.1) is 0 Å². The number of halogens is 1. The standard InChI is InChI=1S/C3H9BrO2S/c1-2-7(5,6)3-4/h5-6H,2-3H2,1H3. The highest BCUT2D eigenvalue weighted by Crippen LogP contribution is 2.38. The van der Waals surface area contributed by atoms with Gasteiger partial charge in [0.05, 0.1) is 4.66 Å². The summed E-state index contributed by atoms with van der Waals surface area (Å²) in [7, 11) is -2.24. The van der Waals surface area contributed by atoms with Crippen molar-refractivity contribution in [1.29, 1.82) is 0 Å². The highest BCUT2D eigenvalue weighted by molar-refractivity contribution is 9.11. The third-order valence-electron chi connectivity index (χ3n) is 0.637. The van der Waals surface area contributed by atoms with E-state index < -0.39 is 10.6 Å².